The van der Waals surface area contributed by atoms with Gasteiger partial charge in [-0.05, 0) is 17.7 Å². The fourth-order valence-corrected chi connectivity index (χ4v) is 3.40. The van der Waals surface area contributed by atoms with Gasteiger partial charge < -0.3 is 10.4 Å². The zero-order chi connectivity index (χ0) is 17.2. The third kappa shape index (κ3) is 3.22. The average Bonchev–Trinajstić information content (AvgIpc) is 3.01. The van der Waals surface area contributed by atoms with Crippen molar-refractivity contribution in [1.29, 1.82) is 0 Å². The minimum Gasteiger partial charge on any atom is -0.493 e. The van der Waals surface area contributed by atoms with E-state index < -0.39 is 0 Å². The number of benzene rings is 2. The maximum absolute atomic E-state index is 12.3. The summed E-state index contributed by atoms with van der Waals surface area (Å²) in [6.45, 7) is 0. The van der Waals surface area contributed by atoms with Crippen LogP contribution in [0, 0.1) is 0 Å². The van der Waals surface area contributed by atoms with Crippen molar-refractivity contribution in [2.45, 2.75) is 6.42 Å². The summed E-state index contributed by atoms with van der Waals surface area (Å²) in [5, 5.41) is 13.7. The highest BCUT2D eigenvalue weighted by atomic mass is 32.1. The van der Waals surface area contributed by atoms with Gasteiger partial charge in [0.1, 0.15) is 0 Å². The van der Waals surface area contributed by atoms with E-state index in [-0.39, 0.29) is 23.0 Å². The molecule has 2 aromatic heterocycles. The van der Waals surface area contributed by atoms with Gasteiger partial charge in [-0.1, -0.05) is 53.8 Å². The first-order chi connectivity index (χ1) is 12.2. The van der Waals surface area contributed by atoms with Gasteiger partial charge in [0.25, 0.3) is 5.56 Å². The van der Waals surface area contributed by atoms with Crippen molar-refractivity contribution in [3.63, 3.8) is 0 Å². The van der Waals surface area contributed by atoms with Crippen LogP contribution in [0.5, 0.6) is 5.88 Å². The molecule has 2 heterocycles. The van der Waals surface area contributed by atoms with E-state index in [4.69, 9.17) is 0 Å². The Morgan fingerprint density at radius 1 is 1.04 bits per heavy atom. The zero-order valence-corrected chi connectivity index (χ0v) is 13.9. The summed E-state index contributed by atoms with van der Waals surface area (Å²) < 4.78 is 1.03. The van der Waals surface area contributed by atoms with Crippen molar-refractivity contribution in [2.24, 2.45) is 0 Å². The molecule has 6 nitrogen and oxygen atoms in total. The van der Waals surface area contributed by atoms with Gasteiger partial charge in [0.05, 0.1) is 15.8 Å². The second-order valence-electron chi connectivity index (χ2n) is 5.49. The molecule has 0 aliphatic rings. The molecule has 0 saturated heterocycles. The summed E-state index contributed by atoms with van der Waals surface area (Å²) in [7, 11) is 0. The normalized spacial score (nSPS) is 10.9. The number of hydrogen-bond acceptors (Lipinski definition) is 6. The van der Waals surface area contributed by atoms with E-state index in [0.717, 1.165) is 15.8 Å². The predicted octanol–water partition coefficient (Wildman–Crippen LogP) is 3.42. The van der Waals surface area contributed by atoms with Gasteiger partial charge in [-0.3, -0.25) is 9.78 Å². The number of hydrogen-bond donors (Lipinski definition) is 3. The lowest BCUT2D eigenvalue weighted by molar-refractivity contribution is 0.445. The summed E-state index contributed by atoms with van der Waals surface area (Å²) in [6.07, 6.45) is 0.316. The SMILES string of the molecule is O=c1[nH]c(Nc2nc3ccccc3s2)nc(O)c1Cc1ccccc1. The highest BCUT2D eigenvalue weighted by Crippen LogP contribution is 2.27. The Morgan fingerprint density at radius 2 is 1.80 bits per heavy atom. The smallest absolute Gasteiger partial charge is 0.259 e. The number of aromatic amines is 1. The largest absolute Gasteiger partial charge is 0.493 e. The lowest BCUT2D eigenvalue weighted by atomic mass is 10.1. The first-order valence-corrected chi connectivity index (χ1v) is 8.49. The van der Waals surface area contributed by atoms with Gasteiger partial charge in [0, 0.05) is 6.42 Å². The van der Waals surface area contributed by atoms with Gasteiger partial charge in [-0.2, -0.15) is 4.98 Å². The number of fused-ring (bicyclic) bond motifs is 1. The van der Waals surface area contributed by atoms with Crippen molar-refractivity contribution in [1.82, 2.24) is 15.0 Å². The Kier molecular flexibility index (Phi) is 3.91. The van der Waals surface area contributed by atoms with E-state index in [9.17, 15) is 9.90 Å². The molecule has 0 unspecified atom stereocenters. The van der Waals surface area contributed by atoms with E-state index >= 15 is 0 Å². The lowest BCUT2D eigenvalue weighted by Gasteiger charge is -2.06. The Labute approximate surface area is 146 Å². The van der Waals surface area contributed by atoms with Gasteiger partial charge in [-0.15, -0.1) is 0 Å². The summed E-state index contributed by atoms with van der Waals surface area (Å²) >= 11 is 1.44. The van der Waals surface area contributed by atoms with Crippen LogP contribution in [0.3, 0.4) is 0 Å². The van der Waals surface area contributed by atoms with Crippen LogP contribution in [0.2, 0.25) is 0 Å². The van der Waals surface area contributed by atoms with Gasteiger partial charge in [0.15, 0.2) is 5.13 Å². The van der Waals surface area contributed by atoms with Crippen LogP contribution in [0.25, 0.3) is 10.2 Å². The molecule has 0 bridgehead atoms. The third-order valence-electron chi connectivity index (χ3n) is 3.74. The molecule has 0 aliphatic heterocycles. The second-order valence-corrected chi connectivity index (χ2v) is 6.52. The minimum atomic E-state index is -0.375. The number of anilines is 2. The summed E-state index contributed by atoms with van der Waals surface area (Å²) in [5.74, 6) is -0.116. The number of thiazole rings is 1. The predicted molar refractivity (Wildman–Crippen MR) is 98.7 cm³/mol. The van der Waals surface area contributed by atoms with Crippen LogP contribution in [0.15, 0.2) is 59.4 Å². The van der Waals surface area contributed by atoms with Crippen molar-refractivity contribution in [3.8, 4) is 5.88 Å². The molecule has 4 rings (SSSR count). The van der Waals surface area contributed by atoms with Crippen molar-refractivity contribution < 1.29 is 5.11 Å². The molecule has 3 N–H and O–H groups in total. The maximum Gasteiger partial charge on any atom is 0.259 e. The highest BCUT2D eigenvalue weighted by molar-refractivity contribution is 7.22. The molecule has 4 aromatic rings. The van der Waals surface area contributed by atoms with Crippen LogP contribution in [-0.2, 0) is 6.42 Å². The van der Waals surface area contributed by atoms with Gasteiger partial charge in [0.2, 0.25) is 11.8 Å². The van der Waals surface area contributed by atoms with Crippen LogP contribution in [0.1, 0.15) is 11.1 Å². The van der Waals surface area contributed by atoms with E-state index in [0.29, 0.717) is 11.6 Å². The minimum absolute atomic E-state index is 0.165. The number of H-pyrrole nitrogens is 1. The molecule has 0 aliphatic carbocycles. The Hall–Kier alpha value is -3.19. The molecular weight excluding hydrogens is 336 g/mol. The Balaban J connectivity index is 1.62. The quantitative estimate of drug-likeness (QED) is 0.525. The standard InChI is InChI=1S/C18H14N4O2S/c23-15-12(10-11-6-2-1-3-7-11)16(24)21-17(20-15)22-18-19-13-8-4-5-9-14(13)25-18/h1-9H,10H2,(H3,19,20,21,22,23,24). The molecule has 7 heteroatoms. The zero-order valence-electron chi connectivity index (χ0n) is 13.1. The van der Waals surface area contributed by atoms with Crippen LogP contribution < -0.4 is 10.9 Å². The third-order valence-corrected chi connectivity index (χ3v) is 4.69. The van der Waals surface area contributed by atoms with Crippen molar-refractivity contribution >= 4 is 32.6 Å². The molecule has 0 spiro atoms. The van der Waals surface area contributed by atoms with Crippen LogP contribution in [-0.4, -0.2) is 20.1 Å². The molecule has 0 fully saturated rings. The summed E-state index contributed by atoms with van der Waals surface area (Å²) in [5.41, 5.74) is 1.65. The second kappa shape index (κ2) is 6.37. The number of nitrogens with one attached hydrogen (secondary N) is 2. The van der Waals surface area contributed by atoms with E-state index in [1.807, 2.05) is 54.6 Å². The molecule has 0 amide bonds. The molecule has 25 heavy (non-hydrogen) atoms. The first-order valence-electron chi connectivity index (χ1n) is 7.68. The fourth-order valence-electron chi connectivity index (χ4n) is 2.53. The van der Waals surface area contributed by atoms with Crippen molar-refractivity contribution in [2.75, 3.05) is 5.32 Å². The maximum atomic E-state index is 12.3. The van der Waals surface area contributed by atoms with E-state index in [2.05, 4.69) is 20.3 Å². The van der Waals surface area contributed by atoms with Gasteiger partial charge >= 0.3 is 0 Å². The lowest BCUT2D eigenvalue weighted by Crippen LogP contribution is -2.16. The summed E-state index contributed by atoms with van der Waals surface area (Å²) in [6, 6.07) is 17.2. The monoisotopic (exact) mass is 350 g/mol. The average molecular weight is 350 g/mol. The fraction of sp³-hybridized carbons (Fsp3) is 0.0556. The molecule has 124 valence electrons. The number of aromatic nitrogens is 3. The Bertz CT molecular complexity index is 1060. The molecule has 0 radical (unpaired) electrons. The first kappa shape index (κ1) is 15.3. The van der Waals surface area contributed by atoms with E-state index in [1.165, 1.54) is 11.3 Å². The topological polar surface area (TPSA) is 90.9 Å². The van der Waals surface area contributed by atoms with Crippen molar-refractivity contribution in [3.05, 3.63) is 76.1 Å². The molecular formula is C18H14N4O2S. The molecule has 2 aromatic carbocycles. The molecule has 0 saturated carbocycles. The van der Waals surface area contributed by atoms with E-state index in [1.54, 1.807) is 0 Å². The molecule has 0 atom stereocenters. The number of aromatic hydroxyl groups is 1. The van der Waals surface area contributed by atoms with Gasteiger partial charge in [-0.25, -0.2) is 4.98 Å². The highest BCUT2D eigenvalue weighted by Gasteiger charge is 2.12. The Morgan fingerprint density at radius 3 is 2.56 bits per heavy atom. The number of para-hydroxylation sites is 1. The van der Waals surface area contributed by atoms with Crippen LogP contribution >= 0.6 is 11.3 Å². The summed E-state index contributed by atoms with van der Waals surface area (Å²) in [4.78, 5) is 23.4. The number of rotatable bonds is 4. The van der Waals surface area contributed by atoms with Crippen LogP contribution in [0.4, 0.5) is 11.1 Å². The number of nitrogens with zero attached hydrogens (tertiary/aromatic N) is 2.